The van der Waals surface area contributed by atoms with Crippen LogP contribution in [0.2, 0.25) is 0 Å². The van der Waals surface area contributed by atoms with Crippen LogP contribution in [0.1, 0.15) is 11.3 Å². The van der Waals surface area contributed by atoms with E-state index in [9.17, 15) is 0 Å². The molecule has 0 saturated heterocycles. The van der Waals surface area contributed by atoms with Crippen LogP contribution in [0.4, 0.5) is 0 Å². The van der Waals surface area contributed by atoms with Crippen LogP contribution in [0.5, 0.6) is 0 Å². The van der Waals surface area contributed by atoms with Crippen molar-refractivity contribution in [3.63, 3.8) is 0 Å². The molecule has 1 aromatic heterocycles. The Balaban J connectivity index is 0.000000292. The van der Waals surface area contributed by atoms with E-state index in [1.807, 2.05) is 25.3 Å². The highest BCUT2D eigenvalue weighted by Gasteiger charge is 1.85. The largest absolute Gasteiger partial charge is 0.394 e. The number of aryl methyl sites for hydroxylation is 1. The molecule has 0 radical (unpaired) electrons. The van der Waals surface area contributed by atoms with Crippen molar-refractivity contribution in [2.45, 2.75) is 6.92 Å². The van der Waals surface area contributed by atoms with Crippen molar-refractivity contribution in [1.82, 2.24) is 4.98 Å². The van der Waals surface area contributed by atoms with Gasteiger partial charge < -0.3 is 0 Å². The van der Waals surface area contributed by atoms with Crippen molar-refractivity contribution in [2.24, 2.45) is 0 Å². The predicted molar refractivity (Wildman–Crippen MR) is 53.2 cm³/mol. The Hall–Kier alpha value is -1.24. The summed E-state index contributed by atoms with van der Waals surface area (Å²) in [5.74, 6) is 0. The minimum atomic E-state index is -4.67. The molecule has 0 bridgehead atoms. The number of nitrogens with zero attached hydrogens (tertiary/aromatic N) is 1. The monoisotopic (exact) mass is 217 g/mol. The van der Waals surface area contributed by atoms with Crippen molar-refractivity contribution in [3.8, 4) is 0 Å². The highest BCUT2D eigenvalue weighted by atomic mass is 32.3. The third-order valence-electron chi connectivity index (χ3n) is 1.17. The van der Waals surface area contributed by atoms with Gasteiger partial charge in [-0.2, -0.15) is 8.42 Å². The Morgan fingerprint density at radius 3 is 2.21 bits per heavy atom. The maximum atomic E-state index is 8.74. The summed E-state index contributed by atoms with van der Waals surface area (Å²) in [6.07, 6.45) is 3.59. The lowest BCUT2D eigenvalue weighted by molar-refractivity contribution is 0.381. The topological polar surface area (TPSA) is 87.5 Å². The summed E-state index contributed by atoms with van der Waals surface area (Å²) in [7, 11) is -4.67. The first-order valence-corrected chi connectivity index (χ1v) is 4.97. The van der Waals surface area contributed by atoms with Crippen molar-refractivity contribution in [1.29, 1.82) is 0 Å². The number of hydrogen-bond acceptors (Lipinski definition) is 3. The quantitative estimate of drug-likeness (QED) is 0.694. The molecule has 0 unspecified atom stereocenters. The van der Waals surface area contributed by atoms with Gasteiger partial charge in [0.05, 0.1) is 0 Å². The van der Waals surface area contributed by atoms with Crippen molar-refractivity contribution in [3.05, 3.63) is 36.2 Å². The van der Waals surface area contributed by atoms with Crippen molar-refractivity contribution in [2.75, 3.05) is 0 Å². The van der Waals surface area contributed by atoms with Crippen LogP contribution >= 0.6 is 0 Å². The molecule has 1 rings (SSSR count). The van der Waals surface area contributed by atoms with Crippen molar-refractivity contribution >= 4 is 16.5 Å². The number of hydrogen-bond donors (Lipinski definition) is 2. The number of rotatable bonds is 1. The first kappa shape index (κ1) is 12.8. The lowest BCUT2D eigenvalue weighted by atomic mass is 10.2. The van der Waals surface area contributed by atoms with E-state index in [-0.39, 0.29) is 0 Å². The van der Waals surface area contributed by atoms with Gasteiger partial charge >= 0.3 is 10.4 Å². The van der Waals surface area contributed by atoms with E-state index in [1.165, 1.54) is 0 Å². The van der Waals surface area contributed by atoms with Crippen LogP contribution in [-0.2, 0) is 10.4 Å². The Labute approximate surface area is 82.7 Å². The van der Waals surface area contributed by atoms with E-state index in [2.05, 4.69) is 11.6 Å². The zero-order valence-corrected chi connectivity index (χ0v) is 8.40. The zero-order valence-electron chi connectivity index (χ0n) is 7.58. The molecular weight excluding hydrogens is 206 g/mol. The lowest BCUT2D eigenvalue weighted by Gasteiger charge is -1.90. The Morgan fingerprint density at radius 2 is 1.93 bits per heavy atom. The maximum absolute atomic E-state index is 8.74. The van der Waals surface area contributed by atoms with E-state index >= 15 is 0 Å². The lowest BCUT2D eigenvalue weighted by Crippen LogP contribution is -1.89. The molecule has 0 aliphatic heterocycles. The van der Waals surface area contributed by atoms with Crippen molar-refractivity contribution < 1.29 is 17.5 Å². The molecule has 2 N–H and O–H groups in total. The van der Waals surface area contributed by atoms with E-state index in [0.717, 1.165) is 11.3 Å². The molecule has 0 fully saturated rings. The van der Waals surface area contributed by atoms with E-state index in [4.69, 9.17) is 17.5 Å². The second-order valence-corrected chi connectivity index (χ2v) is 3.28. The first-order chi connectivity index (χ1) is 6.33. The molecule has 1 heterocycles. The molecule has 0 aliphatic rings. The fourth-order valence-electron chi connectivity index (χ4n) is 0.600. The average Bonchev–Trinajstić information content (AvgIpc) is 2.03. The fraction of sp³-hybridized carbons (Fsp3) is 0.125. The molecule has 78 valence electrons. The van der Waals surface area contributed by atoms with Gasteiger partial charge in [-0.05, 0) is 18.6 Å². The number of pyridine rings is 1. The molecule has 14 heavy (non-hydrogen) atoms. The van der Waals surface area contributed by atoms with E-state index in [1.54, 1.807) is 6.08 Å². The van der Waals surface area contributed by atoms with Gasteiger partial charge in [0, 0.05) is 11.9 Å². The molecule has 0 aliphatic carbocycles. The second kappa shape index (κ2) is 5.48. The summed E-state index contributed by atoms with van der Waals surface area (Å²) in [6.45, 7) is 5.59. The molecular formula is C8H11NO4S. The van der Waals surface area contributed by atoms with E-state index in [0.29, 0.717) is 0 Å². The smallest absolute Gasteiger partial charge is 0.264 e. The molecule has 0 amide bonds. The Morgan fingerprint density at radius 1 is 1.43 bits per heavy atom. The summed E-state index contributed by atoms with van der Waals surface area (Å²) in [4.78, 5) is 4.08. The fourth-order valence-corrected chi connectivity index (χ4v) is 0.600. The highest BCUT2D eigenvalue weighted by molar-refractivity contribution is 7.79. The van der Waals surface area contributed by atoms with Crippen LogP contribution in [0.3, 0.4) is 0 Å². The molecule has 0 saturated carbocycles. The summed E-state index contributed by atoms with van der Waals surface area (Å²) >= 11 is 0. The Kier molecular flexibility index (Phi) is 5.00. The van der Waals surface area contributed by atoms with E-state index < -0.39 is 10.4 Å². The van der Waals surface area contributed by atoms with Crippen LogP contribution in [0, 0.1) is 6.92 Å². The SMILES string of the molecule is C=Cc1ccc(C)nc1.O=S(=O)(O)O. The molecule has 5 nitrogen and oxygen atoms in total. The molecule has 0 spiro atoms. The minimum absolute atomic E-state index is 1.04. The third-order valence-corrected chi connectivity index (χ3v) is 1.17. The molecule has 1 aromatic rings. The summed E-state index contributed by atoms with van der Waals surface area (Å²) in [5.41, 5.74) is 2.11. The van der Waals surface area contributed by atoms with Gasteiger partial charge in [-0.25, -0.2) is 0 Å². The van der Waals surface area contributed by atoms with Gasteiger partial charge in [0.1, 0.15) is 0 Å². The maximum Gasteiger partial charge on any atom is 0.394 e. The van der Waals surface area contributed by atoms with Crippen LogP contribution in [-0.4, -0.2) is 22.5 Å². The zero-order chi connectivity index (χ0) is 11.2. The van der Waals surface area contributed by atoms with Gasteiger partial charge in [-0.15, -0.1) is 0 Å². The van der Waals surface area contributed by atoms with Gasteiger partial charge in [0.2, 0.25) is 0 Å². The van der Waals surface area contributed by atoms with Gasteiger partial charge in [0.15, 0.2) is 0 Å². The normalized spacial score (nSPS) is 9.93. The average molecular weight is 217 g/mol. The third kappa shape index (κ3) is 8.85. The highest BCUT2D eigenvalue weighted by Crippen LogP contribution is 1.98. The Bertz CT molecular complexity index is 374. The molecule has 0 aromatic carbocycles. The molecule has 0 atom stereocenters. The van der Waals surface area contributed by atoms with Crippen LogP contribution in [0.15, 0.2) is 24.9 Å². The minimum Gasteiger partial charge on any atom is -0.264 e. The summed E-state index contributed by atoms with van der Waals surface area (Å²) in [6, 6.07) is 3.96. The van der Waals surface area contributed by atoms with Gasteiger partial charge in [0.25, 0.3) is 0 Å². The standard InChI is InChI=1S/C8H9N.H2O4S/c1-3-8-5-4-7(2)9-6-8;1-5(2,3)4/h3-6H,1H2,2H3;(H2,1,2,3,4). The van der Waals surface area contributed by atoms with Gasteiger partial charge in [-0.3, -0.25) is 14.1 Å². The second-order valence-electron chi connectivity index (χ2n) is 2.38. The first-order valence-electron chi connectivity index (χ1n) is 3.58. The van der Waals surface area contributed by atoms with Crippen LogP contribution in [0.25, 0.3) is 6.08 Å². The predicted octanol–water partition coefficient (Wildman–Crippen LogP) is 1.38. The van der Waals surface area contributed by atoms with Crippen LogP contribution < -0.4 is 0 Å². The molecule has 6 heteroatoms. The summed E-state index contributed by atoms with van der Waals surface area (Å²) < 4.78 is 31.6. The van der Waals surface area contributed by atoms with Gasteiger partial charge in [-0.1, -0.05) is 18.7 Å². The summed E-state index contributed by atoms with van der Waals surface area (Å²) in [5, 5.41) is 0. The number of aromatic nitrogens is 1.